The first-order valence-corrected chi connectivity index (χ1v) is 11.0. The Labute approximate surface area is 173 Å². The summed E-state index contributed by atoms with van der Waals surface area (Å²) in [6, 6.07) is 7.05. The van der Waals surface area contributed by atoms with E-state index in [1.54, 1.807) is 31.1 Å². The van der Waals surface area contributed by atoms with E-state index in [2.05, 4.69) is 4.98 Å². The molecule has 152 valence electrons. The highest BCUT2D eigenvalue weighted by Crippen LogP contribution is 2.50. The van der Waals surface area contributed by atoms with E-state index < -0.39 is 5.54 Å². The molecule has 1 aliphatic heterocycles. The third-order valence-corrected chi connectivity index (χ3v) is 7.18. The number of ether oxygens (including phenoxy) is 2. The van der Waals surface area contributed by atoms with Gasteiger partial charge in [0.2, 0.25) is 5.88 Å². The largest absolute Gasteiger partial charge is 0.493 e. The Bertz CT molecular complexity index is 979. The molecule has 2 atom stereocenters. The molecule has 29 heavy (non-hydrogen) atoms. The highest BCUT2D eigenvalue weighted by atomic mass is 32.2. The molecule has 1 aromatic heterocycles. The molecule has 2 N–H and O–H groups in total. The van der Waals surface area contributed by atoms with Gasteiger partial charge in [-0.05, 0) is 55.0 Å². The maximum absolute atomic E-state index is 15.2. The maximum Gasteiger partial charge on any atom is 0.216 e. The number of pyridine rings is 1. The number of nitrogens with two attached hydrogens (primary N) is 1. The highest BCUT2D eigenvalue weighted by Gasteiger charge is 2.49. The molecule has 3 aliphatic rings. The van der Waals surface area contributed by atoms with Crippen LogP contribution in [0.25, 0.3) is 0 Å². The van der Waals surface area contributed by atoms with Gasteiger partial charge >= 0.3 is 0 Å². The number of halogens is 1. The third kappa shape index (κ3) is 3.35. The molecule has 2 aliphatic carbocycles. The van der Waals surface area contributed by atoms with Crippen molar-refractivity contribution in [2.75, 3.05) is 19.5 Å². The number of hydrogen-bond acceptors (Lipinski definition) is 6. The van der Waals surface area contributed by atoms with E-state index in [9.17, 15) is 0 Å². The zero-order valence-electron chi connectivity index (χ0n) is 16.4. The van der Waals surface area contributed by atoms with Gasteiger partial charge in [0.1, 0.15) is 11.6 Å². The first-order chi connectivity index (χ1) is 14.1. The Kier molecular flexibility index (Phi) is 4.65. The summed E-state index contributed by atoms with van der Waals surface area (Å²) in [6.45, 7) is 0.684. The van der Waals surface area contributed by atoms with E-state index in [0.717, 1.165) is 17.7 Å². The smallest absolute Gasteiger partial charge is 0.216 e. The summed E-state index contributed by atoms with van der Waals surface area (Å²) in [5.41, 5.74) is 8.11. The van der Waals surface area contributed by atoms with Crippen molar-refractivity contribution in [3.8, 4) is 11.6 Å². The number of methoxy groups -OCH3 is 1. The molecule has 2 aromatic rings. The fraction of sp³-hybridized carbons (Fsp3) is 0.455. The van der Waals surface area contributed by atoms with Crippen LogP contribution in [-0.2, 0) is 18.4 Å². The number of aliphatic imine (C=N–C) groups is 1. The Morgan fingerprint density at radius 1 is 1.31 bits per heavy atom. The van der Waals surface area contributed by atoms with Crippen molar-refractivity contribution in [3.05, 3.63) is 53.0 Å². The molecule has 5 nitrogen and oxygen atoms in total. The quantitative estimate of drug-likeness (QED) is 0.810. The first kappa shape index (κ1) is 18.7. The van der Waals surface area contributed by atoms with Crippen molar-refractivity contribution in [2.45, 2.75) is 31.2 Å². The van der Waals surface area contributed by atoms with Crippen LogP contribution in [0, 0.1) is 17.7 Å². The minimum atomic E-state index is -0.776. The average molecular weight is 414 g/mol. The van der Waals surface area contributed by atoms with Gasteiger partial charge in [0.25, 0.3) is 0 Å². The second kappa shape index (κ2) is 7.20. The molecule has 0 bridgehead atoms. The number of benzene rings is 1. The monoisotopic (exact) mass is 413 g/mol. The van der Waals surface area contributed by atoms with Gasteiger partial charge in [0.15, 0.2) is 5.17 Å². The second-order valence-corrected chi connectivity index (χ2v) is 9.16. The van der Waals surface area contributed by atoms with E-state index in [4.69, 9.17) is 20.2 Å². The van der Waals surface area contributed by atoms with Gasteiger partial charge in [-0.3, -0.25) is 4.99 Å². The summed E-state index contributed by atoms with van der Waals surface area (Å²) in [4.78, 5) is 9.23. The number of thioether (sulfide) groups is 1. The van der Waals surface area contributed by atoms with Crippen LogP contribution in [0.5, 0.6) is 11.6 Å². The second-order valence-electron chi connectivity index (χ2n) is 8.12. The number of rotatable bonds is 5. The van der Waals surface area contributed by atoms with Crippen molar-refractivity contribution >= 4 is 16.9 Å². The van der Waals surface area contributed by atoms with E-state index in [1.165, 1.54) is 24.5 Å². The number of amidine groups is 1. The lowest BCUT2D eigenvalue weighted by Crippen LogP contribution is -2.46. The zero-order valence-corrected chi connectivity index (χ0v) is 17.2. The van der Waals surface area contributed by atoms with Crippen molar-refractivity contribution in [2.24, 2.45) is 22.6 Å². The molecule has 5 rings (SSSR count). The number of hydrogen-bond donors (Lipinski definition) is 1. The van der Waals surface area contributed by atoms with Crippen LogP contribution >= 0.6 is 11.8 Å². The zero-order chi connectivity index (χ0) is 20.0. The van der Waals surface area contributed by atoms with Gasteiger partial charge in [-0.1, -0.05) is 11.8 Å². The molecule has 0 spiro atoms. The number of nitrogens with zero attached hydrogens (tertiary/aromatic N) is 2. The van der Waals surface area contributed by atoms with E-state index in [1.807, 2.05) is 12.1 Å². The SMILES string of the molecule is COc1nccc2c1C[C@]1(c3cc(OCC4CC4)ccc3F)N=C(N)SC[C@@H]1C2. The van der Waals surface area contributed by atoms with Crippen molar-refractivity contribution in [1.82, 2.24) is 4.98 Å². The van der Waals surface area contributed by atoms with Gasteiger partial charge < -0.3 is 15.2 Å². The Morgan fingerprint density at radius 2 is 2.17 bits per heavy atom. The minimum absolute atomic E-state index is 0.132. The molecular weight excluding hydrogens is 389 g/mol. The molecule has 0 saturated heterocycles. The summed E-state index contributed by atoms with van der Waals surface area (Å²) < 4.78 is 26.7. The van der Waals surface area contributed by atoms with Gasteiger partial charge in [-0.2, -0.15) is 0 Å². The van der Waals surface area contributed by atoms with E-state index in [-0.39, 0.29) is 11.7 Å². The minimum Gasteiger partial charge on any atom is -0.493 e. The predicted octanol–water partition coefficient (Wildman–Crippen LogP) is 3.69. The molecule has 1 saturated carbocycles. The fourth-order valence-corrected chi connectivity index (χ4v) is 5.45. The lowest BCUT2D eigenvalue weighted by molar-refractivity contribution is 0.258. The Hall–Kier alpha value is -2.28. The molecule has 2 heterocycles. The Morgan fingerprint density at radius 3 is 2.97 bits per heavy atom. The van der Waals surface area contributed by atoms with Gasteiger partial charge in [0.05, 0.1) is 19.3 Å². The molecule has 7 heteroatoms. The standard InChI is InChI=1S/C22H24FN3O2S/c1-27-20-17-10-22(15(12-29-21(24)26-22)8-14(17)6-7-25-20)18-9-16(4-5-19(18)23)28-11-13-2-3-13/h4-7,9,13,15H,2-3,8,10-12H2,1H3,(H2,24,26)/t15-,22-/m0/s1. The van der Waals surface area contributed by atoms with Gasteiger partial charge in [-0.15, -0.1) is 0 Å². The van der Waals surface area contributed by atoms with E-state index in [0.29, 0.717) is 41.3 Å². The predicted molar refractivity (Wildman–Crippen MR) is 112 cm³/mol. The summed E-state index contributed by atoms with van der Waals surface area (Å²) in [6.07, 6.45) is 5.48. The summed E-state index contributed by atoms with van der Waals surface area (Å²) >= 11 is 1.54. The van der Waals surface area contributed by atoms with Crippen LogP contribution in [0.3, 0.4) is 0 Å². The average Bonchev–Trinajstić information content (AvgIpc) is 3.55. The molecule has 0 amide bonds. The van der Waals surface area contributed by atoms with Crippen LogP contribution in [0.2, 0.25) is 0 Å². The normalized spacial score (nSPS) is 25.6. The summed E-state index contributed by atoms with van der Waals surface area (Å²) in [5, 5.41) is 0.497. The number of aromatic nitrogens is 1. The van der Waals surface area contributed by atoms with Gasteiger partial charge in [0, 0.05) is 35.4 Å². The summed E-state index contributed by atoms with van der Waals surface area (Å²) in [7, 11) is 1.61. The maximum atomic E-state index is 15.2. The van der Waals surface area contributed by atoms with Crippen LogP contribution in [0.1, 0.15) is 29.5 Å². The fourth-order valence-electron chi connectivity index (χ4n) is 4.46. The Balaban J connectivity index is 1.61. The molecule has 0 unspecified atom stereocenters. The topological polar surface area (TPSA) is 69.7 Å². The van der Waals surface area contributed by atoms with Crippen LogP contribution in [0.15, 0.2) is 35.5 Å². The molecule has 1 aromatic carbocycles. The molecule has 0 radical (unpaired) electrons. The van der Waals surface area contributed by atoms with Gasteiger partial charge in [-0.25, -0.2) is 9.37 Å². The van der Waals surface area contributed by atoms with Crippen molar-refractivity contribution in [1.29, 1.82) is 0 Å². The van der Waals surface area contributed by atoms with E-state index >= 15 is 4.39 Å². The van der Waals surface area contributed by atoms with Crippen molar-refractivity contribution in [3.63, 3.8) is 0 Å². The van der Waals surface area contributed by atoms with Crippen LogP contribution in [0.4, 0.5) is 4.39 Å². The highest BCUT2D eigenvalue weighted by molar-refractivity contribution is 8.13. The first-order valence-electron chi connectivity index (χ1n) is 10.0. The molecular formula is C22H24FN3O2S. The number of fused-ring (bicyclic) bond motifs is 2. The van der Waals surface area contributed by atoms with Crippen LogP contribution in [-0.4, -0.2) is 29.6 Å². The molecule has 1 fully saturated rings. The van der Waals surface area contributed by atoms with Crippen LogP contribution < -0.4 is 15.2 Å². The van der Waals surface area contributed by atoms with Crippen molar-refractivity contribution < 1.29 is 13.9 Å². The third-order valence-electron chi connectivity index (χ3n) is 6.22. The lowest BCUT2D eigenvalue weighted by Gasteiger charge is -2.45. The summed E-state index contributed by atoms with van der Waals surface area (Å²) in [5.74, 6) is 2.56. The lowest BCUT2D eigenvalue weighted by atomic mass is 9.67.